The van der Waals surface area contributed by atoms with Crippen molar-refractivity contribution in [3.8, 4) is 17.0 Å². The Labute approximate surface area is 165 Å². The van der Waals surface area contributed by atoms with Gasteiger partial charge < -0.3 is 4.74 Å². The largest absolute Gasteiger partial charge is 0.496 e. The second-order valence-electron chi connectivity index (χ2n) is 8.06. The van der Waals surface area contributed by atoms with E-state index in [1.54, 1.807) is 17.9 Å². The number of aromatic nitrogens is 4. The Kier molecular flexibility index (Phi) is 5.20. The molecule has 3 aromatic rings. The molecule has 6 nitrogen and oxygen atoms in total. The summed E-state index contributed by atoms with van der Waals surface area (Å²) >= 11 is 0. The Hall–Kier alpha value is -2.63. The number of aryl methyl sites for hydroxylation is 1. The number of benzene rings is 1. The van der Waals surface area contributed by atoms with Crippen LogP contribution in [0.1, 0.15) is 57.4 Å². The van der Waals surface area contributed by atoms with Gasteiger partial charge in [-0.1, -0.05) is 45.6 Å². The average Bonchev–Trinajstić information content (AvgIpc) is 3.32. The van der Waals surface area contributed by atoms with Crippen LogP contribution in [0.4, 0.5) is 0 Å². The van der Waals surface area contributed by atoms with Gasteiger partial charge in [0.2, 0.25) is 0 Å². The predicted octanol–water partition coefficient (Wildman–Crippen LogP) is 4.50. The van der Waals surface area contributed by atoms with Crippen LogP contribution in [-0.2, 0) is 6.54 Å². The van der Waals surface area contributed by atoms with Gasteiger partial charge in [0.05, 0.1) is 19.0 Å². The molecule has 0 spiro atoms. The Morgan fingerprint density at radius 3 is 2.79 bits per heavy atom. The molecule has 6 heteroatoms. The number of nitrogens with one attached hydrogen (secondary N) is 1. The maximum absolute atomic E-state index is 12.5. The fraction of sp³-hybridized carbons (Fsp3) is 0.500. The summed E-state index contributed by atoms with van der Waals surface area (Å²) in [6.07, 6.45) is 7.89. The van der Waals surface area contributed by atoms with E-state index in [1.807, 2.05) is 6.07 Å². The van der Waals surface area contributed by atoms with Crippen LogP contribution in [0.25, 0.3) is 22.6 Å². The Morgan fingerprint density at radius 2 is 2.07 bits per heavy atom. The number of nitrogens with zero attached hydrogens (tertiary/aromatic N) is 3. The molecule has 148 valence electrons. The molecule has 1 aromatic carbocycles. The molecular formula is C22H28N4O2. The van der Waals surface area contributed by atoms with Gasteiger partial charge in [-0.05, 0) is 36.0 Å². The maximum Gasteiger partial charge on any atom is 0.328 e. The molecule has 0 amide bonds. The third-order valence-corrected chi connectivity index (χ3v) is 5.88. The summed E-state index contributed by atoms with van der Waals surface area (Å²) in [5.74, 6) is 1.88. The van der Waals surface area contributed by atoms with E-state index in [2.05, 4.69) is 35.9 Å². The molecule has 28 heavy (non-hydrogen) atoms. The lowest BCUT2D eigenvalue weighted by Crippen LogP contribution is -2.18. The van der Waals surface area contributed by atoms with Crippen LogP contribution < -0.4 is 10.4 Å². The summed E-state index contributed by atoms with van der Waals surface area (Å²) in [4.78, 5) is 24.6. The molecule has 1 aliphatic rings. The Balaban J connectivity index is 1.74. The van der Waals surface area contributed by atoms with E-state index in [-0.39, 0.29) is 5.69 Å². The highest BCUT2D eigenvalue weighted by molar-refractivity contribution is 5.74. The van der Waals surface area contributed by atoms with Crippen LogP contribution in [-0.4, -0.2) is 26.6 Å². The second-order valence-corrected chi connectivity index (χ2v) is 8.06. The van der Waals surface area contributed by atoms with Crippen LogP contribution in [0, 0.1) is 5.92 Å². The minimum Gasteiger partial charge on any atom is -0.496 e. The van der Waals surface area contributed by atoms with Crippen molar-refractivity contribution < 1.29 is 4.74 Å². The molecule has 4 rings (SSSR count). The van der Waals surface area contributed by atoms with Crippen LogP contribution in [0.5, 0.6) is 5.75 Å². The lowest BCUT2D eigenvalue weighted by atomic mass is 9.99. The zero-order valence-electron chi connectivity index (χ0n) is 16.9. The van der Waals surface area contributed by atoms with E-state index in [0.29, 0.717) is 23.8 Å². The predicted molar refractivity (Wildman–Crippen MR) is 111 cm³/mol. The van der Waals surface area contributed by atoms with E-state index in [0.717, 1.165) is 29.3 Å². The smallest absolute Gasteiger partial charge is 0.328 e. The number of imidazole rings is 1. The number of H-pyrrole nitrogens is 1. The number of hydrogen-bond acceptors (Lipinski definition) is 4. The molecule has 0 bridgehead atoms. The number of ether oxygens (including phenoxy) is 1. The fourth-order valence-electron chi connectivity index (χ4n) is 4.15. The molecule has 2 aromatic heterocycles. The maximum atomic E-state index is 12.5. The highest BCUT2D eigenvalue weighted by atomic mass is 16.5. The summed E-state index contributed by atoms with van der Waals surface area (Å²) in [5, 5.41) is 0. The van der Waals surface area contributed by atoms with E-state index >= 15 is 0 Å². The highest BCUT2D eigenvalue weighted by Crippen LogP contribution is 2.32. The molecular weight excluding hydrogens is 352 g/mol. The van der Waals surface area contributed by atoms with Gasteiger partial charge >= 0.3 is 5.69 Å². The molecule has 1 N–H and O–H groups in total. The molecule has 0 aliphatic heterocycles. The average molecular weight is 380 g/mol. The first-order valence-electron chi connectivity index (χ1n) is 10.2. The van der Waals surface area contributed by atoms with Gasteiger partial charge in [0, 0.05) is 12.1 Å². The van der Waals surface area contributed by atoms with Gasteiger partial charge in [0.25, 0.3) is 0 Å². The summed E-state index contributed by atoms with van der Waals surface area (Å²) in [6.45, 7) is 5.01. The van der Waals surface area contributed by atoms with Crippen molar-refractivity contribution >= 4 is 11.3 Å². The standard InChI is InChI=1S/C22H28N4O2/c1-14(2)16-8-9-19(28-3)17(12-16)18-13-23-20-21(24-18)26(22(27)25-20)11-10-15-6-4-5-7-15/h8-9,12-15H,4-7,10-11H2,1-3H3,(H,23,25,27). The minimum atomic E-state index is -0.131. The Morgan fingerprint density at radius 1 is 1.29 bits per heavy atom. The normalized spacial score (nSPS) is 15.0. The second kappa shape index (κ2) is 7.78. The molecule has 0 radical (unpaired) electrons. The number of aromatic amines is 1. The molecule has 1 fully saturated rings. The van der Waals surface area contributed by atoms with E-state index in [9.17, 15) is 4.79 Å². The van der Waals surface area contributed by atoms with Crippen molar-refractivity contribution in [2.24, 2.45) is 5.92 Å². The molecule has 2 heterocycles. The third kappa shape index (κ3) is 3.55. The van der Waals surface area contributed by atoms with Gasteiger partial charge in [-0.25, -0.2) is 14.8 Å². The van der Waals surface area contributed by atoms with Gasteiger partial charge in [-0.3, -0.25) is 9.55 Å². The number of hydrogen-bond donors (Lipinski definition) is 1. The van der Waals surface area contributed by atoms with Gasteiger partial charge in [0.1, 0.15) is 5.75 Å². The fourth-order valence-corrected chi connectivity index (χ4v) is 4.15. The first kappa shape index (κ1) is 18.7. The Bertz CT molecular complexity index is 1030. The van der Waals surface area contributed by atoms with Crippen molar-refractivity contribution in [2.75, 3.05) is 7.11 Å². The lowest BCUT2D eigenvalue weighted by molar-refractivity contribution is 0.416. The van der Waals surface area contributed by atoms with Crippen LogP contribution in [0.2, 0.25) is 0 Å². The van der Waals surface area contributed by atoms with Crippen LogP contribution in [0.15, 0.2) is 29.2 Å². The third-order valence-electron chi connectivity index (χ3n) is 5.88. The van der Waals surface area contributed by atoms with Crippen LogP contribution in [0.3, 0.4) is 0 Å². The van der Waals surface area contributed by atoms with Gasteiger partial charge in [0.15, 0.2) is 11.3 Å². The topological polar surface area (TPSA) is 72.8 Å². The van der Waals surface area contributed by atoms with Gasteiger partial charge in [-0.2, -0.15) is 0 Å². The van der Waals surface area contributed by atoms with Crippen molar-refractivity contribution in [3.63, 3.8) is 0 Å². The van der Waals surface area contributed by atoms with Gasteiger partial charge in [-0.15, -0.1) is 0 Å². The van der Waals surface area contributed by atoms with Crippen LogP contribution >= 0.6 is 0 Å². The minimum absolute atomic E-state index is 0.131. The number of fused-ring (bicyclic) bond motifs is 1. The van der Waals surface area contributed by atoms with E-state index < -0.39 is 0 Å². The quantitative estimate of drug-likeness (QED) is 0.683. The highest BCUT2D eigenvalue weighted by Gasteiger charge is 2.18. The summed E-state index contributed by atoms with van der Waals surface area (Å²) in [7, 11) is 1.66. The first-order valence-corrected chi connectivity index (χ1v) is 10.2. The summed E-state index contributed by atoms with van der Waals surface area (Å²) < 4.78 is 7.29. The SMILES string of the molecule is COc1ccc(C(C)C)cc1-c1cnc2[nH]c(=O)n(CCC3CCCC3)c2n1. The summed E-state index contributed by atoms with van der Waals surface area (Å²) in [6, 6.07) is 6.15. The van der Waals surface area contributed by atoms with Crippen molar-refractivity contribution in [2.45, 2.75) is 58.4 Å². The lowest BCUT2D eigenvalue weighted by Gasteiger charge is -2.13. The van der Waals surface area contributed by atoms with E-state index in [1.165, 1.54) is 31.2 Å². The van der Waals surface area contributed by atoms with Crippen molar-refractivity contribution in [3.05, 3.63) is 40.4 Å². The monoisotopic (exact) mass is 380 g/mol. The molecule has 0 saturated heterocycles. The first-order chi connectivity index (χ1) is 13.6. The van der Waals surface area contributed by atoms with E-state index in [4.69, 9.17) is 9.72 Å². The molecule has 1 aliphatic carbocycles. The van der Waals surface area contributed by atoms with Crippen molar-refractivity contribution in [1.82, 2.24) is 19.5 Å². The van der Waals surface area contributed by atoms with Crippen molar-refractivity contribution in [1.29, 1.82) is 0 Å². The zero-order chi connectivity index (χ0) is 19.7. The molecule has 0 atom stereocenters. The number of methoxy groups -OCH3 is 1. The summed E-state index contributed by atoms with van der Waals surface area (Å²) in [5.41, 5.74) is 3.87. The molecule has 1 saturated carbocycles. The number of rotatable bonds is 6. The zero-order valence-corrected chi connectivity index (χ0v) is 16.9. The molecule has 0 unspecified atom stereocenters.